The number of fused-ring (bicyclic) bond motifs is 1. The zero-order chi connectivity index (χ0) is 14.2. The van der Waals surface area contributed by atoms with E-state index in [9.17, 15) is 9.59 Å². The van der Waals surface area contributed by atoms with Crippen LogP contribution in [0.4, 0.5) is 0 Å². The number of rotatable bonds is 2. The molecule has 0 radical (unpaired) electrons. The van der Waals surface area contributed by atoms with Gasteiger partial charge in [-0.15, -0.1) is 0 Å². The Labute approximate surface area is 97.4 Å². The molecular weight excluding hydrogens is 208 g/mol. The van der Waals surface area contributed by atoms with E-state index in [1.807, 2.05) is 0 Å². The second-order valence-electron chi connectivity index (χ2n) is 5.92. The highest BCUT2D eigenvalue weighted by molar-refractivity contribution is 5.82. The van der Waals surface area contributed by atoms with E-state index in [4.69, 9.17) is 5.60 Å². The Balaban J connectivity index is 1.73. The van der Waals surface area contributed by atoms with Crippen LogP contribution in [-0.2, 0) is 9.59 Å². The third-order valence-corrected chi connectivity index (χ3v) is 5.88. The molecule has 6 aliphatic carbocycles. The predicted octanol–water partition coefficient (Wildman–Crippen LogP) is 0.386. The molecule has 6 unspecified atom stereocenters. The monoisotopic (exact) mass is 224 g/mol. The van der Waals surface area contributed by atoms with E-state index >= 15 is 0 Å². The highest BCUT2D eigenvalue weighted by Crippen LogP contribution is 2.93. The lowest BCUT2D eigenvalue weighted by Gasteiger charge is -2.43. The Bertz CT molecular complexity index is 514. The molecule has 0 spiro atoms. The normalized spacial score (nSPS) is 82.5. The molecule has 0 saturated heterocycles. The number of hydrogen-bond donors (Lipinski definition) is 2. The maximum atomic E-state index is 12.1. The second kappa shape index (κ2) is 1.91. The maximum absolute atomic E-state index is 12.1. The van der Waals surface area contributed by atoms with Crippen LogP contribution in [0.2, 0.25) is 0 Å². The summed E-state index contributed by atoms with van der Waals surface area (Å²) in [5.74, 6) is -5.46. The van der Waals surface area contributed by atoms with Crippen LogP contribution < -0.4 is 0 Å². The number of hydrogen-bond acceptors (Lipinski definition) is 4. The zero-order valence-corrected chi connectivity index (χ0v) is 8.25. The SMILES string of the molecule is [2H]OC(=O)C1([2H])C2C3C4C5C2C5C(C43)C1([2H])C(=O)O[2H]. The van der Waals surface area contributed by atoms with Gasteiger partial charge < -0.3 is 10.2 Å². The van der Waals surface area contributed by atoms with Crippen molar-refractivity contribution in [2.75, 3.05) is 0 Å². The molecule has 6 rings (SSSR count). The van der Waals surface area contributed by atoms with E-state index in [1.165, 1.54) is 0 Å². The Morgan fingerprint density at radius 3 is 1.38 bits per heavy atom. The number of carboxylic acid groups (broad SMARTS) is 2. The summed E-state index contributed by atoms with van der Waals surface area (Å²) in [6.07, 6.45) is 0. The molecule has 16 heavy (non-hydrogen) atoms. The third kappa shape index (κ3) is 0.531. The van der Waals surface area contributed by atoms with Crippen molar-refractivity contribution in [2.45, 2.75) is 0 Å². The summed E-state index contributed by atoms with van der Waals surface area (Å²) in [7, 11) is 0. The summed E-state index contributed by atoms with van der Waals surface area (Å²) in [5.41, 5.74) is 0. The van der Waals surface area contributed by atoms with E-state index < -0.39 is 23.7 Å². The predicted molar refractivity (Wildman–Crippen MR) is 50.2 cm³/mol. The van der Waals surface area contributed by atoms with Gasteiger partial charge in [0.05, 0.1) is 11.8 Å². The quantitative estimate of drug-likeness (QED) is 0.711. The van der Waals surface area contributed by atoms with Gasteiger partial charge in [0.15, 0.2) is 0 Å². The molecular formula is C12H12O4. The van der Waals surface area contributed by atoms with E-state index in [1.54, 1.807) is 0 Å². The smallest absolute Gasteiger partial charge is 0.307 e. The summed E-state index contributed by atoms with van der Waals surface area (Å²) in [4.78, 5) is 24.1. The average Bonchev–Trinajstić information content (AvgIpc) is 3.30. The molecule has 0 aliphatic heterocycles. The van der Waals surface area contributed by atoms with Gasteiger partial charge in [-0.2, -0.15) is 0 Å². The molecule has 6 aliphatic rings. The van der Waals surface area contributed by atoms with Crippen molar-refractivity contribution in [3.05, 3.63) is 0 Å². The highest BCUT2D eigenvalue weighted by Gasteiger charge is 2.92. The van der Waals surface area contributed by atoms with Gasteiger partial charge in [0, 0.05) is 2.74 Å². The Morgan fingerprint density at radius 2 is 1.06 bits per heavy atom. The minimum Gasteiger partial charge on any atom is -0.481 e. The first-order valence-corrected chi connectivity index (χ1v) is 5.81. The summed E-state index contributed by atoms with van der Waals surface area (Å²) < 4.78 is 30.8. The first kappa shape index (κ1) is 5.52. The van der Waals surface area contributed by atoms with Crippen molar-refractivity contribution in [1.82, 2.24) is 0 Å². The van der Waals surface area contributed by atoms with Crippen LogP contribution in [0.15, 0.2) is 0 Å². The fourth-order valence-electron chi connectivity index (χ4n) is 5.85. The molecule has 0 aromatic carbocycles. The molecule has 4 heteroatoms. The van der Waals surface area contributed by atoms with Crippen molar-refractivity contribution in [2.24, 2.45) is 59.1 Å². The lowest BCUT2D eigenvalue weighted by Crippen LogP contribution is -2.50. The molecule has 0 aromatic rings. The lowest BCUT2D eigenvalue weighted by atomic mass is 9.58. The largest absolute Gasteiger partial charge is 0.481 e. The van der Waals surface area contributed by atoms with Gasteiger partial charge in [-0.05, 0) is 47.3 Å². The first-order chi connectivity index (χ1) is 9.46. The lowest BCUT2D eigenvalue weighted by molar-refractivity contribution is -0.167. The zero-order valence-electron chi connectivity index (χ0n) is 12.3. The average molecular weight is 224 g/mol. The van der Waals surface area contributed by atoms with E-state index in [-0.39, 0.29) is 35.5 Å². The fourth-order valence-corrected chi connectivity index (χ4v) is 5.85. The van der Waals surface area contributed by atoms with E-state index in [0.717, 1.165) is 0 Å². The third-order valence-electron chi connectivity index (χ3n) is 5.88. The van der Waals surface area contributed by atoms with Gasteiger partial charge in [-0.25, -0.2) is 0 Å². The van der Waals surface area contributed by atoms with E-state index in [0.29, 0.717) is 11.8 Å². The molecule has 0 heterocycles. The molecule has 6 saturated carbocycles. The van der Waals surface area contributed by atoms with Crippen LogP contribution in [0.1, 0.15) is 2.74 Å². The molecule has 2 N–H and O–H groups in total. The van der Waals surface area contributed by atoms with Crippen LogP contribution in [0, 0.1) is 59.1 Å². The van der Waals surface area contributed by atoms with Crippen molar-refractivity contribution < 1.29 is 22.5 Å². The first-order valence-electron chi connectivity index (χ1n) is 7.63. The number of carboxylic acids is 2. The molecule has 84 valence electrons. The van der Waals surface area contributed by atoms with E-state index in [2.05, 4.69) is 10.2 Å². The van der Waals surface area contributed by atoms with Crippen LogP contribution >= 0.6 is 0 Å². The van der Waals surface area contributed by atoms with Crippen molar-refractivity contribution >= 4 is 11.9 Å². The summed E-state index contributed by atoms with van der Waals surface area (Å²) in [6, 6.07) is 0. The second-order valence-corrected chi connectivity index (χ2v) is 5.92. The van der Waals surface area contributed by atoms with Crippen molar-refractivity contribution in [3.8, 4) is 0 Å². The van der Waals surface area contributed by atoms with Gasteiger partial charge >= 0.3 is 11.9 Å². The minimum atomic E-state index is -2.10. The minimum absolute atomic E-state index is 0.230. The summed E-state index contributed by atoms with van der Waals surface area (Å²) >= 11 is 0. The summed E-state index contributed by atoms with van der Waals surface area (Å²) in [6.45, 7) is 0. The molecule has 0 aromatic heterocycles. The summed E-state index contributed by atoms with van der Waals surface area (Å²) in [5, 5.41) is 8.03. The molecule has 6 atom stereocenters. The standard InChI is InChI=1S/C12H12O4/c13-11(14)9-7-3-1-2-5(7)6(2)8(4(1)3)10(9)12(15)16/h1-10H,(H,13,14)(H,15,16)/i9D,10D/hD2. The van der Waals surface area contributed by atoms with Crippen LogP contribution in [0.5, 0.6) is 0 Å². The number of carbonyl (C=O) groups is 2. The van der Waals surface area contributed by atoms with Gasteiger partial charge in [0.25, 0.3) is 2.86 Å². The van der Waals surface area contributed by atoms with Gasteiger partial charge in [0.1, 0.15) is 0 Å². The molecule has 0 amide bonds. The van der Waals surface area contributed by atoms with Gasteiger partial charge in [-0.3, -0.25) is 9.59 Å². The Kier molecular flexibility index (Phi) is 0.659. The van der Waals surface area contributed by atoms with Crippen molar-refractivity contribution in [3.63, 3.8) is 0 Å². The molecule has 2 bridgehead atoms. The Morgan fingerprint density at radius 1 is 0.750 bits per heavy atom. The van der Waals surface area contributed by atoms with Crippen LogP contribution in [0.3, 0.4) is 0 Å². The van der Waals surface area contributed by atoms with Gasteiger partial charge in [0.2, 0.25) is 0 Å². The highest BCUT2D eigenvalue weighted by atomic mass is 16.4. The fraction of sp³-hybridized carbons (Fsp3) is 0.833. The maximum Gasteiger partial charge on any atom is 0.307 e. The molecule has 6 fully saturated rings. The van der Waals surface area contributed by atoms with Crippen LogP contribution in [-0.4, -0.2) is 22.2 Å². The van der Waals surface area contributed by atoms with Crippen LogP contribution in [0.25, 0.3) is 2.86 Å². The molecule has 4 nitrogen and oxygen atoms in total. The van der Waals surface area contributed by atoms with Crippen molar-refractivity contribution in [1.29, 1.82) is 2.86 Å². The Hall–Kier alpha value is -1.06. The number of aliphatic carboxylic acids is 2. The van der Waals surface area contributed by atoms with Gasteiger partial charge in [-0.1, -0.05) is 0 Å². The topological polar surface area (TPSA) is 74.6 Å².